The number of thiazole rings is 1. The fraction of sp³-hybridized carbons (Fsp3) is 0.238. The van der Waals surface area contributed by atoms with E-state index in [-0.39, 0.29) is 22.3 Å². The molecule has 0 spiro atoms. The molecule has 0 aliphatic heterocycles. The Hall–Kier alpha value is -2.46. The van der Waals surface area contributed by atoms with Crippen molar-refractivity contribution in [3.8, 4) is 17.0 Å². The van der Waals surface area contributed by atoms with E-state index in [0.29, 0.717) is 10.2 Å². The quantitative estimate of drug-likeness (QED) is 0.523. The van der Waals surface area contributed by atoms with Gasteiger partial charge in [0.1, 0.15) is 10.6 Å². The van der Waals surface area contributed by atoms with Crippen molar-refractivity contribution in [2.24, 2.45) is 0 Å². The second-order valence-corrected chi connectivity index (χ2v) is 10.5. The number of halogens is 1. The summed E-state index contributed by atoms with van der Waals surface area (Å²) in [6, 6.07) is 11.5. The van der Waals surface area contributed by atoms with Crippen molar-refractivity contribution < 1.29 is 17.9 Å². The maximum Gasteiger partial charge on any atom is 0.257 e. The minimum atomic E-state index is -3.79. The van der Waals surface area contributed by atoms with Gasteiger partial charge in [0.2, 0.25) is 10.0 Å². The van der Waals surface area contributed by atoms with Gasteiger partial charge in [0.25, 0.3) is 5.91 Å². The molecule has 0 radical (unpaired) electrons. The van der Waals surface area contributed by atoms with Gasteiger partial charge in [-0.3, -0.25) is 10.1 Å². The van der Waals surface area contributed by atoms with E-state index in [1.165, 1.54) is 36.6 Å². The van der Waals surface area contributed by atoms with Crippen LogP contribution in [0.25, 0.3) is 11.3 Å². The third-order valence-corrected chi connectivity index (χ3v) is 7.43. The maximum absolute atomic E-state index is 12.8. The van der Waals surface area contributed by atoms with E-state index in [9.17, 15) is 13.2 Å². The Morgan fingerprint density at radius 2 is 1.90 bits per heavy atom. The number of hydrogen-bond acceptors (Lipinski definition) is 6. The molecule has 2 aromatic carbocycles. The largest absolute Gasteiger partial charge is 0.495 e. The van der Waals surface area contributed by atoms with E-state index >= 15 is 0 Å². The normalized spacial score (nSPS) is 13.8. The number of anilines is 1. The summed E-state index contributed by atoms with van der Waals surface area (Å²) in [6.45, 7) is 1.92. The Morgan fingerprint density at radius 1 is 1.19 bits per heavy atom. The highest BCUT2D eigenvalue weighted by Gasteiger charge is 2.30. The molecule has 10 heteroatoms. The number of nitrogens with zero attached hydrogens (tertiary/aromatic N) is 1. The smallest absolute Gasteiger partial charge is 0.257 e. The fourth-order valence-electron chi connectivity index (χ4n) is 3.01. The first kappa shape index (κ1) is 21.8. The first-order valence-electron chi connectivity index (χ1n) is 9.52. The zero-order valence-electron chi connectivity index (χ0n) is 16.8. The molecule has 2 N–H and O–H groups in total. The van der Waals surface area contributed by atoms with Crippen LogP contribution in [0.15, 0.2) is 47.4 Å². The molecule has 0 unspecified atom stereocenters. The van der Waals surface area contributed by atoms with Crippen molar-refractivity contribution in [1.29, 1.82) is 0 Å². The summed E-state index contributed by atoms with van der Waals surface area (Å²) >= 11 is 7.29. The van der Waals surface area contributed by atoms with Crippen molar-refractivity contribution >= 4 is 44.0 Å². The van der Waals surface area contributed by atoms with Crippen molar-refractivity contribution in [3.05, 3.63) is 57.9 Å². The molecule has 0 saturated heterocycles. The fourth-order valence-corrected chi connectivity index (χ4v) is 5.46. The third-order valence-electron chi connectivity index (χ3n) is 4.75. The summed E-state index contributed by atoms with van der Waals surface area (Å²) in [4.78, 5) is 18.2. The Balaban J connectivity index is 1.58. The van der Waals surface area contributed by atoms with Crippen LogP contribution in [0.5, 0.6) is 5.75 Å². The van der Waals surface area contributed by atoms with Gasteiger partial charge in [-0.15, -0.1) is 11.3 Å². The van der Waals surface area contributed by atoms with Crippen molar-refractivity contribution in [1.82, 2.24) is 9.71 Å². The lowest BCUT2D eigenvalue weighted by Crippen LogP contribution is -2.26. The molecule has 1 aliphatic carbocycles. The first-order chi connectivity index (χ1) is 14.8. The first-order valence-corrected chi connectivity index (χ1v) is 12.2. The average molecular weight is 478 g/mol. The standard InChI is InChI=1S/C21H20ClN3O4S2/c1-12-19(13-3-6-15(22)7-4-13)23-21(30-12)24-20(26)14-5-10-17(29-2)18(11-14)31(27,28)25-16-8-9-16/h3-7,10-11,16,25H,8-9H2,1-2H3,(H,23,24,26). The Morgan fingerprint density at radius 3 is 2.55 bits per heavy atom. The van der Waals surface area contributed by atoms with E-state index in [1.807, 2.05) is 19.1 Å². The van der Waals surface area contributed by atoms with Crippen LogP contribution in [-0.2, 0) is 10.0 Å². The van der Waals surface area contributed by atoms with Crippen LogP contribution in [-0.4, -0.2) is 32.5 Å². The predicted octanol–water partition coefficient (Wildman–Crippen LogP) is 4.47. The summed E-state index contributed by atoms with van der Waals surface area (Å²) < 4.78 is 33.2. The Labute approximate surface area is 189 Å². The number of ether oxygens (including phenoxy) is 1. The highest BCUT2D eigenvalue weighted by Crippen LogP contribution is 2.32. The van der Waals surface area contributed by atoms with Crippen LogP contribution in [0, 0.1) is 6.92 Å². The molecule has 1 aromatic heterocycles. The number of benzene rings is 2. The third kappa shape index (κ3) is 4.90. The zero-order valence-corrected chi connectivity index (χ0v) is 19.2. The van der Waals surface area contributed by atoms with Gasteiger partial charge in [-0.05, 0) is 50.1 Å². The molecular weight excluding hydrogens is 458 g/mol. The second kappa shape index (κ2) is 8.58. The van der Waals surface area contributed by atoms with E-state index in [2.05, 4.69) is 15.0 Å². The SMILES string of the molecule is COc1ccc(C(=O)Nc2nc(-c3ccc(Cl)cc3)c(C)s2)cc1S(=O)(=O)NC1CC1. The van der Waals surface area contributed by atoms with Crippen LogP contribution in [0.3, 0.4) is 0 Å². The predicted molar refractivity (Wildman–Crippen MR) is 122 cm³/mol. The highest BCUT2D eigenvalue weighted by atomic mass is 35.5. The van der Waals surface area contributed by atoms with Gasteiger partial charge in [-0.1, -0.05) is 23.7 Å². The Kier molecular flexibility index (Phi) is 6.02. The van der Waals surface area contributed by atoms with Gasteiger partial charge in [0.05, 0.1) is 12.8 Å². The number of carbonyl (C=O) groups excluding carboxylic acids is 1. The molecular formula is C21H20ClN3O4S2. The number of nitrogens with one attached hydrogen (secondary N) is 2. The molecule has 3 aromatic rings. The molecule has 31 heavy (non-hydrogen) atoms. The molecule has 4 rings (SSSR count). The zero-order chi connectivity index (χ0) is 22.2. The topological polar surface area (TPSA) is 97.4 Å². The second-order valence-electron chi connectivity index (χ2n) is 7.15. The van der Waals surface area contributed by atoms with E-state index in [1.54, 1.807) is 12.1 Å². The van der Waals surface area contributed by atoms with E-state index < -0.39 is 15.9 Å². The number of aryl methyl sites for hydroxylation is 1. The van der Waals surface area contributed by atoms with Crippen LogP contribution >= 0.6 is 22.9 Å². The monoisotopic (exact) mass is 477 g/mol. The van der Waals surface area contributed by atoms with Gasteiger partial charge >= 0.3 is 0 Å². The number of methoxy groups -OCH3 is 1. The summed E-state index contributed by atoms with van der Waals surface area (Å²) in [6.07, 6.45) is 1.61. The minimum absolute atomic E-state index is 0.0585. The molecule has 162 valence electrons. The summed E-state index contributed by atoms with van der Waals surface area (Å²) in [5.41, 5.74) is 1.84. The van der Waals surface area contributed by atoms with Gasteiger partial charge in [0, 0.05) is 27.1 Å². The van der Waals surface area contributed by atoms with E-state index in [4.69, 9.17) is 16.3 Å². The Bertz CT molecular complexity index is 1240. The minimum Gasteiger partial charge on any atom is -0.495 e. The van der Waals surface area contributed by atoms with E-state index in [0.717, 1.165) is 29.0 Å². The summed E-state index contributed by atoms with van der Waals surface area (Å²) in [7, 11) is -2.40. The molecule has 1 heterocycles. The lowest BCUT2D eigenvalue weighted by molar-refractivity contribution is 0.102. The number of amides is 1. The number of hydrogen-bond donors (Lipinski definition) is 2. The van der Waals surface area contributed by atoms with Gasteiger partial charge in [0.15, 0.2) is 5.13 Å². The van der Waals surface area contributed by atoms with Gasteiger partial charge in [-0.25, -0.2) is 18.1 Å². The van der Waals surface area contributed by atoms with Crippen LogP contribution in [0.4, 0.5) is 5.13 Å². The molecule has 1 saturated carbocycles. The van der Waals surface area contributed by atoms with Crippen LogP contribution in [0.1, 0.15) is 28.1 Å². The van der Waals surface area contributed by atoms with Crippen LogP contribution < -0.4 is 14.8 Å². The van der Waals surface area contributed by atoms with Gasteiger partial charge < -0.3 is 4.74 Å². The van der Waals surface area contributed by atoms with Crippen molar-refractivity contribution in [2.45, 2.75) is 30.7 Å². The molecule has 0 bridgehead atoms. The van der Waals surface area contributed by atoms with Crippen molar-refractivity contribution in [2.75, 3.05) is 12.4 Å². The number of carbonyl (C=O) groups is 1. The van der Waals surface area contributed by atoms with Crippen molar-refractivity contribution in [3.63, 3.8) is 0 Å². The molecule has 1 fully saturated rings. The number of aromatic nitrogens is 1. The van der Waals surface area contributed by atoms with Gasteiger partial charge in [-0.2, -0.15) is 0 Å². The lowest BCUT2D eigenvalue weighted by atomic mass is 10.1. The number of sulfonamides is 1. The molecule has 7 nitrogen and oxygen atoms in total. The summed E-state index contributed by atoms with van der Waals surface area (Å²) in [5.74, 6) is -0.276. The highest BCUT2D eigenvalue weighted by molar-refractivity contribution is 7.89. The summed E-state index contributed by atoms with van der Waals surface area (Å²) in [5, 5.41) is 3.81. The molecule has 1 aliphatic rings. The molecule has 0 atom stereocenters. The average Bonchev–Trinajstić information content (AvgIpc) is 3.47. The number of rotatable bonds is 7. The lowest BCUT2D eigenvalue weighted by Gasteiger charge is -2.12. The van der Waals surface area contributed by atoms with Crippen LogP contribution in [0.2, 0.25) is 5.02 Å². The molecule has 1 amide bonds. The maximum atomic E-state index is 12.8.